The van der Waals surface area contributed by atoms with E-state index in [1.807, 2.05) is 27.9 Å². The minimum Gasteiger partial charge on any atom is -0.469 e. The van der Waals surface area contributed by atoms with Gasteiger partial charge in [0.15, 0.2) is 0 Å². The van der Waals surface area contributed by atoms with Crippen molar-refractivity contribution in [1.82, 2.24) is 4.90 Å². The van der Waals surface area contributed by atoms with Crippen LogP contribution in [0.15, 0.2) is 0 Å². The van der Waals surface area contributed by atoms with Crippen molar-refractivity contribution in [3.63, 3.8) is 0 Å². The molecule has 0 amide bonds. The average Bonchev–Trinajstić information content (AvgIpc) is 3.00. The van der Waals surface area contributed by atoms with Gasteiger partial charge in [0, 0.05) is 12.0 Å². The quantitative estimate of drug-likeness (QED) is 0.150. The van der Waals surface area contributed by atoms with E-state index in [-0.39, 0.29) is 58.5 Å². The summed E-state index contributed by atoms with van der Waals surface area (Å²) in [5.41, 5.74) is -0.615. The van der Waals surface area contributed by atoms with Gasteiger partial charge in [-0.3, -0.25) is 14.4 Å². The molecule has 282 valence electrons. The van der Waals surface area contributed by atoms with Crippen LogP contribution in [-0.4, -0.2) is 63.3 Å². The fourth-order valence-electron chi connectivity index (χ4n) is 12.8. The first-order valence-electron chi connectivity index (χ1n) is 19.7. The zero-order valence-electron chi connectivity index (χ0n) is 33.8. The van der Waals surface area contributed by atoms with Crippen molar-refractivity contribution in [3.8, 4) is 0 Å². The molecule has 7 nitrogen and oxygen atoms in total. The van der Waals surface area contributed by atoms with Gasteiger partial charge in [0.2, 0.25) is 0 Å². The lowest BCUT2D eigenvalue weighted by atomic mass is 9.32. The average molecular weight is 688 g/mol. The van der Waals surface area contributed by atoms with E-state index in [1.165, 1.54) is 26.4 Å². The first-order chi connectivity index (χ1) is 22.7. The molecule has 4 rings (SSSR count). The van der Waals surface area contributed by atoms with Crippen LogP contribution in [-0.2, 0) is 28.6 Å². The van der Waals surface area contributed by atoms with E-state index in [4.69, 9.17) is 14.2 Å². The van der Waals surface area contributed by atoms with E-state index in [2.05, 4.69) is 60.3 Å². The minimum absolute atomic E-state index is 0.0274. The molecular weight excluding hydrogens is 614 g/mol. The molecule has 7 heteroatoms. The number of hydrogen-bond acceptors (Lipinski definition) is 7. The van der Waals surface area contributed by atoms with Gasteiger partial charge < -0.3 is 19.1 Å². The van der Waals surface area contributed by atoms with Crippen molar-refractivity contribution in [2.75, 3.05) is 34.4 Å². The molecular formula is C42H73NO6. The summed E-state index contributed by atoms with van der Waals surface area (Å²) in [6.07, 6.45) is 11.1. The maximum Gasteiger partial charge on any atom is 0.312 e. The number of carbonyl (C=O) groups excluding carboxylic acids is 3. The predicted molar refractivity (Wildman–Crippen MR) is 196 cm³/mol. The smallest absolute Gasteiger partial charge is 0.312 e. The number of nitrogens with zero attached hydrogens (tertiary/aromatic N) is 1. The molecule has 0 aromatic rings. The Bertz CT molecular complexity index is 1210. The molecule has 0 spiro atoms. The molecule has 49 heavy (non-hydrogen) atoms. The van der Waals surface area contributed by atoms with Gasteiger partial charge in [-0.25, -0.2) is 0 Å². The van der Waals surface area contributed by atoms with Crippen molar-refractivity contribution < 1.29 is 28.6 Å². The van der Waals surface area contributed by atoms with E-state index in [1.54, 1.807) is 0 Å². The highest BCUT2D eigenvalue weighted by Crippen LogP contribution is 2.76. The molecule has 0 bridgehead atoms. The van der Waals surface area contributed by atoms with Crippen LogP contribution in [0.4, 0.5) is 0 Å². The molecule has 0 heterocycles. The molecule has 0 N–H and O–H groups in total. The van der Waals surface area contributed by atoms with Gasteiger partial charge in [-0.1, -0.05) is 75.2 Å². The van der Waals surface area contributed by atoms with Crippen LogP contribution in [0.5, 0.6) is 0 Å². The Morgan fingerprint density at radius 1 is 0.796 bits per heavy atom. The Hall–Kier alpha value is -1.63. The lowest BCUT2D eigenvalue weighted by molar-refractivity contribution is -0.254. The molecule has 0 radical (unpaired) electrons. The van der Waals surface area contributed by atoms with Crippen molar-refractivity contribution in [1.29, 1.82) is 0 Å². The number of ether oxygens (including phenoxy) is 3. The molecule has 0 aromatic heterocycles. The largest absolute Gasteiger partial charge is 0.469 e. The van der Waals surface area contributed by atoms with E-state index < -0.39 is 10.8 Å². The maximum atomic E-state index is 14.0. The number of carbonyl (C=O) groups is 3. The molecule has 9 atom stereocenters. The summed E-state index contributed by atoms with van der Waals surface area (Å²) < 4.78 is 17.3. The van der Waals surface area contributed by atoms with Gasteiger partial charge in [0.05, 0.1) is 25.4 Å². The third kappa shape index (κ3) is 7.10. The molecule has 4 fully saturated rings. The zero-order valence-corrected chi connectivity index (χ0v) is 33.8. The SMILES string of the molecule is CCC(CC)C1C2CCC3C4(C)CCC(OC(=O)CC(C)(C)CC(=O)OC)C(C)(C)C4CCC3(C)[C@]2(C)CCC1(C)C(=O)OCCN(C)C. The van der Waals surface area contributed by atoms with Crippen molar-refractivity contribution in [2.24, 2.45) is 62.1 Å². The van der Waals surface area contributed by atoms with E-state index in [0.717, 1.165) is 51.5 Å². The molecule has 0 saturated heterocycles. The van der Waals surface area contributed by atoms with Crippen LogP contribution >= 0.6 is 0 Å². The number of esters is 3. The zero-order chi connectivity index (χ0) is 36.8. The third-order valence-corrected chi connectivity index (χ3v) is 15.8. The summed E-state index contributed by atoms with van der Waals surface area (Å²) in [6, 6.07) is 0. The molecule has 4 aliphatic carbocycles. The highest BCUT2D eigenvalue weighted by atomic mass is 16.5. The van der Waals surface area contributed by atoms with Gasteiger partial charge in [-0.05, 0) is 124 Å². The summed E-state index contributed by atoms with van der Waals surface area (Å²) in [5.74, 6) is 1.90. The normalized spacial score (nSPS) is 38.6. The number of rotatable bonds is 12. The fourth-order valence-corrected chi connectivity index (χ4v) is 12.8. The molecule has 0 aliphatic heterocycles. The van der Waals surface area contributed by atoms with Crippen LogP contribution in [0.1, 0.15) is 146 Å². The summed E-state index contributed by atoms with van der Waals surface area (Å²) >= 11 is 0. The van der Waals surface area contributed by atoms with Gasteiger partial charge >= 0.3 is 17.9 Å². The van der Waals surface area contributed by atoms with Crippen molar-refractivity contribution in [3.05, 3.63) is 0 Å². The second-order valence-corrected chi connectivity index (χ2v) is 19.6. The van der Waals surface area contributed by atoms with Gasteiger partial charge in [-0.15, -0.1) is 0 Å². The summed E-state index contributed by atoms with van der Waals surface area (Å²) in [5, 5.41) is 0. The monoisotopic (exact) mass is 688 g/mol. The van der Waals surface area contributed by atoms with Crippen molar-refractivity contribution >= 4 is 17.9 Å². The van der Waals surface area contributed by atoms with Crippen LogP contribution in [0.25, 0.3) is 0 Å². The van der Waals surface area contributed by atoms with Crippen LogP contribution in [0.3, 0.4) is 0 Å². The van der Waals surface area contributed by atoms with Crippen molar-refractivity contribution in [2.45, 2.75) is 152 Å². The Kier molecular flexibility index (Phi) is 11.8. The summed E-state index contributed by atoms with van der Waals surface area (Å²) in [6.45, 7) is 24.5. The second kappa shape index (κ2) is 14.4. The fraction of sp³-hybridized carbons (Fsp3) is 0.929. The topological polar surface area (TPSA) is 82.1 Å². The maximum absolute atomic E-state index is 14.0. The molecule has 4 saturated carbocycles. The number of fused-ring (bicyclic) bond motifs is 5. The predicted octanol–water partition coefficient (Wildman–Crippen LogP) is 9.11. The van der Waals surface area contributed by atoms with Crippen LogP contribution in [0, 0.1) is 62.1 Å². The first-order valence-corrected chi connectivity index (χ1v) is 19.7. The van der Waals surface area contributed by atoms with Crippen LogP contribution in [0.2, 0.25) is 0 Å². The highest BCUT2D eigenvalue weighted by Gasteiger charge is 2.70. The first kappa shape index (κ1) is 40.1. The van der Waals surface area contributed by atoms with E-state index >= 15 is 0 Å². The Balaban J connectivity index is 1.58. The number of hydrogen-bond donors (Lipinski definition) is 0. The Morgan fingerprint density at radius 2 is 1.43 bits per heavy atom. The van der Waals surface area contributed by atoms with Gasteiger partial charge in [0.25, 0.3) is 0 Å². The van der Waals surface area contributed by atoms with Crippen LogP contribution < -0.4 is 0 Å². The molecule has 8 unspecified atom stereocenters. The third-order valence-electron chi connectivity index (χ3n) is 15.8. The van der Waals surface area contributed by atoms with E-state index in [0.29, 0.717) is 36.2 Å². The highest BCUT2D eigenvalue weighted by molar-refractivity contribution is 5.77. The second-order valence-electron chi connectivity index (χ2n) is 19.6. The molecule has 0 aromatic carbocycles. The number of methoxy groups -OCH3 is 1. The van der Waals surface area contributed by atoms with Gasteiger partial charge in [-0.2, -0.15) is 0 Å². The van der Waals surface area contributed by atoms with E-state index in [9.17, 15) is 14.4 Å². The standard InChI is InChI=1S/C42H73NO6/c1-14-28(15-2)35-29-16-17-31-39(7)20-19-32(49-34(45)27-37(3,4)26-33(44)47-13)38(5,6)30(39)18-21-42(31,10)41(29,9)23-22-40(35,8)36(46)48-25-24-43(11)12/h28-32,35H,14-27H2,1-13H3/t29?,30?,31?,32?,35?,39?,40?,41-,42?/m1/s1. The molecule has 4 aliphatic rings. The minimum atomic E-state index is -0.510. The van der Waals surface area contributed by atoms with Gasteiger partial charge in [0.1, 0.15) is 12.7 Å². The summed E-state index contributed by atoms with van der Waals surface area (Å²) in [7, 11) is 5.45. The Labute approximate surface area is 299 Å². The number of likely N-dealkylation sites (N-methyl/N-ethyl adjacent to an activating group) is 1. The summed E-state index contributed by atoms with van der Waals surface area (Å²) in [4.78, 5) is 41.4. The Morgan fingerprint density at radius 3 is 2.02 bits per heavy atom. The lowest BCUT2D eigenvalue weighted by Crippen LogP contribution is -2.67. The lowest BCUT2D eigenvalue weighted by Gasteiger charge is -2.73.